The van der Waals surface area contributed by atoms with Gasteiger partial charge in [0.05, 0.1) is 5.69 Å². The summed E-state index contributed by atoms with van der Waals surface area (Å²) in [7, 11) is 0. The SMILES string of the molecule is CC(C)(C)OC(=O)N1CCN(c2cccc3ccccc23)C(=O)C1. The van der Waals surface area contributed by atoms with Crippen LogP contribution in [0.4, 0.5) is 10.5 Å². The summed E-state index contributed by atoms with van der Waals surface area (Å²) in [4.78, 5) is 28.0. The third-order valence-electron chi connectivity index (χ3n) is 3.93. The highest BCUT2D eigenvalue weighted by atomic mass is 16.6. The van der Waals surface area contributed by atoms with E-state index in [1.165, 1.54) is 4.90 Å². The van der Waals surface area contributed by atoms with Crippen LogP contribution in [0.5, 0.6) is 0 Å². The van der Waals surface area contributed by atoms with Gasteiger partial charge in [-0.2, -0.15) is 0 Å². The third kappa shape index (κ3) is 3.35. The van der Waals surface area contributed by atoms with Gasteiger partial charge in [-0.3, -0.25) is 9.69 Å². The number of anilines is 1. The Morgan fingerprint density at radius 3 is 2.46 bits per heavy atom. The van der Waals surface area contributed by atoms with Gasteiger partial charge in [-0.1, -0.05) is 36.4 Å². The van der Waals surface area contributed by atoms with Gasteiger partial charge in [-0.25, -0.2) is 4.79 Å². The van der Waals surface area contributed by atoms with Gasteiger partial charge in [0, 0.05) is 18.5 Å². The van der Waals surface area contributed by atoms with E-state index in [2.05, 4.69) is 0 Å². The minimum Gasteiger partial charge on any atom is -0.444 e. The van der Waals surface area contributed by atoms with E-state index in [4.69, 9.17) is 4.74 Å². The number of hydrogen-bond donors (Lipinski definition) is 0. The minimum absolute atomic E-state index is 0.0398. The molecule has 0 aromatic heterocycles. The zero-order chi connectivity index (χ0) is 17.3. The summed E-state index contributed by atoms with van der Waals surface area (Å²) in [5.41, 5.74) is 0.328. The van der Waals surface area contributed by atoms with Gasteiger partial charge in [-0.05, 0) is 32.2 Å². The molecule has 2 aromatic carbocycles. The molecule has 126 valence electrons. The van der Waals surface area contributed by atoms with Crippen molar-refractivity contribution in [2.45, 2.75) is 26.4 Å². The van der Waals surface area contributed by atoms with Crippen molar-refractivity contribution in [3.63, 3.8) is 0 Å². The van der Waals surface area contributed by atoms with E-state index in [1.54, 1.807) is 4.90 Å². The average molecular weight is 326 g/mol. The Kier molecular flexibility index (Phi) is 4.18. The van der Waals surface area contributed by atoms with Crippen molar-refractivity contribution in [1.29, 1.82) is 0 Å². The van der Waals surface area contributed by atoms with E-state index in [0.29, 0.717) is 13.1 Å². The van der Waals surface area contributed by atoms with Crippen LogP contribution < -0.4 is 4.90 Å². The number of fused-ring (bicyclic) bond motifs is 1. The van der Waals surface area contributed by atoms with Gasteiger partial charge in [0.2, 0.25) is 5.91 Å². The van der Waals surface area contributed by atoms with E-state index in [-0.39, 0.29) is 12.5 Å². The predicted molar refractivity (Wildman–Crippen MR) is 94.1 cm³/mol. The Balaban J connectivity index is 1.79. The molecule has 0 radical (unpaired) electrons. The molecule has 1 saturated heterocycles. The van der Waals surface area contributed by atoms with Crippen molar-refractivity contribution in [1.82, 2.24) is 4.90 Å². The number of benzene rings is 2. The van der Waals surface area contributed by atoms with Crippen molar-refractivity contribution in [2.75, 3.05) is 24.5 Å². The molecule has 0 unspecified atom stereocenters. The lowest BCUT2D eigenvalue weighted by atomic mass is 10.1. The standard InChI is InChI=1S/C19H22N2O3/c1-19(2,3)24-18(23)20-11-12-21(17(22)13-20)16-10-6-8-14-7-4-5-9-15(14)16/h4-10H,11-13H2,1-3H3. The lowest BCUT2D eigenvalue weighted by Crippen LogP contribution is -2.53. The molecule has 24 heavy (non-hydrogen) atoms. The van der Waals surface area contributed by atoms with Crippen molar-refractivity contribution >= 4 is 28.5 Å². The summed E-state index contributed by atoms with van der Waals surface area (Å²) in [6, 6.07) is 13.9. The Hall–Kier alpha value is -2.56. The summed E-state index contributed by atoms with van der Waals surface area (Å²) in [5.74, 6) is -0.0940. The highest BCUT2D eigenvalue weighted by molar-refractivity contribution is 6.05. The number of rotatable bonds is 1. The Bertz CT molecular complexity index is 774. The normalized spacial score (nSPS) is 15.7. The van der Waals surface area contributed by atoms with E-state index in [1.807, 2.05) is 63.2 Å². The van der Waals surface area contributed by atoms with E-state index >= 15 is 0 Å². The smallest absolute Gasteiger partial charge is 0.410 e. The summed E-state index contributed by atoms with van der Waals surface area (Å²) < 4.78 is 5.35. The van der Waals surface area contributed by atoms with Crippen molar-refractivity contribution in [3.05, 3.63) is 42.5 Å². The minimum atomic E-state index is -0.563. The molecular weight excluding hydrogens is 304 g/mol. The van der Waals surface area contributed by atoms with Gasteiger partial charge >= 0.3 is 6.09 Å². The molecule has 0 spiro atoms. The second-order valence-electron chi connectivity index (χ2n) is 6.95. The highest BCUT2D eigenvalue weighted by Gasteiger charge is 2.31. The Morgan fingerprint density at radius 2 is 1.75 bits per heavy atom. The fraction of sp³-hybridized carbons (Fsp3) is 0.368. The van der Waals surface area contributed by atoms with Gasteiger partial charge in [0.25, 0.3) is 0 Å². The maximum atomic E-state index is 12.6. The summed E-state index contributed by atoms with van der Waals surface area (Å²) in [6.07, 6.45) is -0.437. The first-order chi connectivity index (χ1) is 11.3. The lowest BCUT2D eigenvalue weighted by Gasteiger charge is -2.35. The molecule has 1 heterocycles. The van der Waals surface area contributed by atoms with E-state index < -0.39 is 11.7 Å². The molecule has 5 heteroatoms. The van der Waals surface area contributed by atoms with E-state index in [0.717, 1.165) is 16.5 Å². The van der Waals surface area contributed by atoms with Crippen LogP contribution in [-0.4, -0.2) is 42.1 Å². The maximum Gasteiger partial charge on any atom is 0.410 e. The average Bonchev–Trinajstić information content (AvgIpc) is 2.53. The van der Waals surface area contributed by atoms with E-state index in [9.17, 15) is 9.59 Å². The van der Waals surface area contributed by atoms with Gasteiger partial charge in [0.15, 0.2) is 0 Å². The number of carbonyl (C=O) groups is 2. The molecule has 0 saturated carbocycles. The molecule has 2 amide bonds. The van der Waals surface area contributed by atoms with Crippen LogP contribution in [0.1, 0.15) is 20.8 Å². The predicted octanol–water partition coefficient (Wildman–Crippen LogP) is 3.42. The highest BCUT2D eigenvalue weighted by Crippen LogP contribution is 2.28. The van der Waals surface area contributed by atoms with Crippen LogP contribution in [-0.2, 0) is 9.53 Å². The third-order valence-corrected chi connectivity index (χ3v) is 3.93. The molecule has 1 aliphatic rings. The molecule has 0 aliphatic carbocycles. The van der Waals surface area contributed by atoms with Crippen LogP contribution in [0.15, 0.2) is 42.5 Å². The van der Waals surface area contributed by atoms with Crippen LogP contribution in [0.2, 0.25) is 0 Å². The fourth-order valence-electron chi connectivity index (χ4n) is 2.85. The second-order valence-corrected chi connectivity index (χ2v) is 6.95. The summed E-state index contributed by atoms with van der Waals surface area (Å²) in [5, 5.41) is 2.14. The number of ether oxygens (including phenoxy) is 1. The summed E-state index contributed by atoms with van der Waals surface area (Å²) >= 11 is 0. The van der Waals surface area contributed by atoms with Crippen LogP contribution in [0.3, 0.4) is 0 Å². The number of carbonyl (C=O) groups excluding carboxylic acids is 2. The van der Waals surface area contributed by atoms with Gasteiger partial charge < -0.3 is 9.64 Å². The maximum absolute atomic E-state index is 12.6. The molecular formula is C19H22N2O3. The molecule has 3 rings (SSSR count). The second kappa shape index (κ2) is 6.15. The quantitative estimate of drug-likeness (QED) is 0.807. The lowest BCUT2D eigenvalue weighted by molar-refractivity contribution is -0.121. The Morgan fingerprint density at radius 1 is 1.04 bits per heavy atom. The first-order valence-electron chi connectivity index (χ1n) is 8.11. The molecule has 5 nitrogen and oxygen atoms in total. The number of piperazine rings is 1. The van der Waals surface area contributed by atoms with Crippen LogP contribution >= 0.6 is 0 Å². The number of nitrogens with zero attached hydrogens (tertiary/aromatic N) is 2. The zero-order valence-electron chi connectivity index (χ0n) is 14.3. The molecule has 0 N–H and O–H groups in total. The molecule has 0 bridgehead atoms. The monoisotopic (exact) mass is 326 g/mol. The molecule has 2 aromatic rings. The summed E-state index contributed by atoms with van der Waals surface area (Å²) in [6.45, 7) is 6.42. The molecule has 1 fully saturated rings. The fourth-order valence-corrected chi connectivity index (χ4v) is 2.85. The molecule has 1 aliphatic heterocycles. The number of hydrogen-bond acceptors (Lipinski definition) is 3. The largest absolute Gasteiger partial charge is 0.444 e. The van der Waals surface area contributed by atoms with Gasteiger partial charge in [0.1, 0.15) is 12.1 Å². The van der Waals surface area contributed by atoms with Crippen molar-refractivity contribution < 1.29 is 14.3 Å². The van der Waals surface area contributed by atoms with Crippen molar-refractivity contribution in [2.24, 2.45) is 0 Å². The van der Waals surface area contributed by atoms with Gasteiger partial charge in [-0.15, -0.1) is 0 Å². The van der Waals surface area contributed by atoms with Crippen LogP contribution in [0, 0.1) is 0 Å². The molecule has 0 atom stereocenters. The first kappa shape index (κ1) is 16.3. The van der Waals surface area contributed by atoms with Crippen molar-refractivity contribution in [3.8, 4) is 0 Å². The zero-order valence-corrected chi connectivity index (χ0v) is 14.3. The topological polar surface area (TPSA) is 49.9 Å². The number of amides is 2. The Labute approximate surface area is 141 Å². The first-order valence-corrected chi connectivity index (χ1v) is 8.11. The van der Waals surface area contributed by atoms with Crippen LogP contribution in [0.25, 0.3) is 10.8 Å².